The summed E-state index contributed by atoms with van der Waals surface area (Å²) in [6.07, 6.45) is 4.17. The van der Waals surface area contributed by atoms with E-state index in [1.54, 1.807) is 10.7 Å². The van der Waals surface area contributed by atoms with Crippen molar-refractivity contribution in [1.82, 2.24) is 14.7 Å². The van der Waals surface area contributed by atoms with E-state index in [9.17, 15) is 4.79 Å². The van der Waals surface area contributed by atoms with Crippen LogP contribution in [0.5, 0.6) is 5.88 Å². The topological polar surface area (TPSA) is 95.6 Å². The summed E-state index contributed by atoms with van der Waals surface area (Å²) in [5, 5.41) is 8.79. The molecular weight excluding hydrogens is 430 g/mol. The van der Waals surface area contributed by atoms with Crippen molar-refractivity contribution in [3.63, 3.8) is 0 Å². The maximum absolute atomic E-state index is 13.3. The fourth-order valence-corrected chi connectivity index (χ4v) is 3.63. The molecule has 184 valence electrons. The molecule has 1 aromatic carbocycles. The third-order valence-corrected chi connectivity index (χ3v) is 5.58. The van der Waals surface area contributed by atoms with E-state index < -0.39 is 0 Å². The molecule has 0 aliphatic carbocycles. The molecule has 8 nitrogen and oxygen atoms in total. The van der Waals surface area contributed by atoms with Crippen LogP contribution in [0.25, 0.3) is 5.65 Å². The van der Waals surface area contributed by atoms with Gasteiger partial charge in [0.2, 0.25) is 5.78 Å². The number of hydrogen-bond acceptors (Lipinski definition) is 6. The minimum atomic E-state index is -0.0913. The van der Waals surface area contributed by atoms with E-state index in [2.05, 4.69) is 50.9 Å². The SMILES string of the molecule is CCCCCOc1ccc2n(n1)c(N)n[n+]2CC(=O)c1cc(COCCC)cc(C(C)(C)C)c1. The zero-order valence-electron chi connectivity index (χ0n) is 21.1. The summed E-state index contributed by atoms with van der Waals surface area (Å²) in [6.45, 7) is 12.5. The fourth-order valence-electron chi connectivity index (χ4n) is 3.63. The van der Waals surface area contributed by atoms with Crippen LogP contribution in [-0.4, -0.2) is 33.7 Å². The molecule has 0 unspecified atom stereocenters. The minimum absolute atomic E-state index is 0.0484. The van der Waals surface area contributed by atoms with E-state index in [-0.39, 0.29) is 23.7 Å². The highest BCUT2D eigenvalue weighted by molar-refractivity contribution is 5.95. The first kappa shape index (κ1) is 25.6. The zero-order chi connectivity index (χ0) is 24.7. The first-order valence-electron chi connectivity index (χ1n) is 12.2. The van der Waals surface area contributed by atoms with Crippen LogP contribution in [0.15, 0.2) is 30.3 Å². The largest absolute Gasteiger partial charge is 0.475 e. The lowest BCUT2D eigenvalue weighted by atomic mass is 9.84. The lowest BCUT2D eigenvalue weighted by Gasteiger charge is -2.21. The maximum Gasteiger partial charge on any atom is 0.355 e. The molecule has 0 bridgehead atoms. The molecule has 0 aliphatic rings. The zero-order valence-corrected chi connectivity index (χ0v) is 21.1. The van der Waals surface area contributed by atoms with Crippen molar-refractivity contribution >= 4 is 17.4 Å². The Balaban J connectivity index is 1.82. The van der Waals surface area contributed by atoms with Crippen LogP contribution in [0.3, 0.4) is 0 Å². The number of nitrogens with zero attached hydrogens (tertiary/aromatic N) is 4. The summed E-state index contributed by atoms with van der Waals surface area (Å²) in [5.74, 6) is 0.646. The number of aromatic nitrogens is 4. The second-order valence-corrected chi connectivity index (χ2v) is 9.66. The number of benzene rings is 1. The summed E-state index contributed by atoms with van der Waals surface area (Å²) in [4.78, 5) is 13.3. The van der Waals surface area contributed by atoms with Crippen LogP contribution in [0.1, 0.15) is 81.8 Å². The maximum atomic E-state index is 13.3. The Bertz CT molecular complexity index is 1120. The van der Waals surface area contributed by atoms with E-state index in [1.807, 2.05) is 18.2 Å². The van der Waals surface area contributed by atoms with Gasteiger partial charge < -0.3 is 15.2 Å². The Kier molecular flexibility index (Phi) is 8.61. The van der Waals surface area contributed by atoms with E-state index in [1.165, 1.54) is 4.52 Å². The van der Waals surface area contributed by atoms with Gasteiger partial charge in [0.15, 0.2) is 6.54 Å². The third-order valence-electron chi connectivity index (χ3n) is 5.58. The monoisotopic (exact) mass is 468 g/mol. The highest BCUT2D eigenvalue weighted by atomic mass is 16.5. The Morgan fingerprint density at radius 3 is 2.59 bits per heavy atom. The normalized spacial score (nSPS) is 11.8. The van der Waals surface area contributed by atoms with Crippen LogP contribution in [0, 0.1) is 0 Å². The van der Waals surface area contributed by atoms with E-state index in [0.717, 1.165) is 36.8 Å². The molecule has 0 fully saturated rings. The van der Waals surface area contributed by atoms with Crippen molar-refractivity contribution in [3.05, 3.63) is 47.0 Å². The lowest BCUT2D eigenvalue weighted by Crippen LogP contribution is -2.40. The van der Waals surface area contributed by atoms with Crippen molar-refractivity contribution in [3.8, 4) is 5.88 Å². The molecule has 2 N–H and O–H groups in total. The standard InChI is InChI=1S/C26H38N5O3/c1-6-8-9-13-34-23-10-11-24-30(29-25(27)31(24)28-23)17-22(32)20-14-19(18-33-12-7-2)15-21(16-20)26(3,4)5/h10-11,14-16H,6-9,12-13,17-18H2,1-5H3,(H2,27,29)/q+1. The Morgan fingerprint density at radius 1 is 1.09 bits per heavy atom. The molecule has 34 heavy (non-hydrogen) atoms. The van der Waals surface area contributed by atoms with Gasteiger partial charge >= 0.3 is 11.6 Å². The Morgan fingerprint density at radius 2 is 1.88 bits per heavy atom. The lowest BCUT2D eigenvalue weighted by molar-refractivity contribution is -0.714. The van der Waals surface area contributed by atoms with Crippen LogP contribution >= 0.6 is 0 Å². The predicted molar refractivity (Wildman–Crippen MR) is 132 cm³/mol. The highest BCUT2D eigenvalue weighted by Gasteiger charge is 2.24. The molecule has 0 aliphatic heterocycles. The number of unbranched alkanes of at least 4 members (excludes halogenated alkanes) is 2. The summed E-state index contributed by atoms with van der Waals surface area (Å²) >= 11 is 0. The third kappa shape index (κ3) is 6.53. The smallest absolute Gasteiger partial charge is 0.355 e. The van der Waals surface area contributed by atoms with E-state index in [0.29, 0.717) is 36.9 Å². The number of rotatable bonds is 12. The first-order chi connectivity index (χ1) is 16.2. The Hall–Kier alpha value is -3.00. The van der Waals surface area contributed by atoms with Crippen molar-refractivity contribution in [2.75, 3.05) is 18.9 Å². The fraction of sp³-hybridized carbons (Fsp3) is 0.538. The van der Waals surface area contributed by atoms with Crippen LogP contribution in [0.2, 0.25) is 0 Å². The molecule has 0 amide bonds. The number of carbonyl (C=O) groups excluding carboxylic acids is 1. The number of carbonyl (C=O) groups is 1. The average Bonchev–Trinajstić information content (AvgIpc) is 3.10. The molecule has 0 saturated carbocycles. The van der Waals surface area contributed by atoms with Gasteiger partial charge in [-0.3, -0.25) is 4.79 Å². The molecule has 0 spiro atoms. The van der Waals surface area contributed by atoms with Gasteiger partial charge in [-0.05, 0) is 51.7 Å². The number of fused-ring (bicyclic) bond motifs is 1. The number of anilines is 1. The Labute approximate surface area is 202 Å². The number of Topliss-reactive ketones (excluding diaryl/α,β-unsaturated/α-hetero) is 1. The van der Waals surface area contributed by atoms with Crippen LogP contribution in [-0.2, 0) is 23.3 Å². The summed E-state index contributed by atoms with van der Waals surface area (Å²) < 4.78 is 14.6. The number of nitrogen functional groups attached to an aromatic ring is 1. The van der Waals surface area contributed by atoms with Crippen molar-refractivity contribution in [1.29, 1.82) is 0 Å². The van der Waals surface area contributed by atoms with E-state index in [4.69, 9.17) is 15.2 Å². The van der Waals surface area contributed by atoms with Crippen LogP contribution < -0.4 is 15.2 Å². The second kappa shape index (κ2) is 11.4. The van der Waals surface area contributed by atoms with Crippen molar-refractivity contribution in [2.24, 2.45) is 0 Å². The number of hydrogen-bond donors (Lipinski definition) is 1. The summed E-state index contributed by atoms with van der Waals surface area (Å²) in [7, 11) is 0. The molecular formula is C26H38N5O3+. The van der Waals surface area contributed by atoms with Gasteiger partial charge in [-0.25, -0.2) is 0 Å². The van der Waals surface area contributed by atoms with E-state index >= 15 is 0 Å². The predicted octanol–water partition coefficient (Wildman–Crippen LogP) is 4.28. The van der Waals surface area contributed by atoms with Crippen molar-refractivity contribution in [2.45, 2.75) is 78.9 Å². The average molecular weight is 469 g/mol. The molecule has 2 aromatic heterocycles. The number of ketones is 1. The molecule has 2 heterocycles. The van der Waals surface area contributed by atoms with Gasteiger partial charge in [-0.1, -0.05) is 58.0 Å². The minimum Gasteiger partial charge on any atom is -0.475 e. The van der Waals surface area contributed by atoms with Gasteiger partial charge in [0.1, 0.15) is 0 Å². The molecule has 0 saturated heterocycles. The molecule has 8 heteroatoms. The highest BCUT2D eigenvalue weighted by Crippen LogP contribution is 2.25. The number of ether oxygens (including phenoxy) is 2. The van der Waals surface area contributed by atoms with Gasteiger partial charge in [-0.15, -0.1) is 4.68 Å². The molecule has 3 aromatic rings. The van der Waals surface area contributed by atoms with Gasteiger partial charge in [-0.2, -0.15) is 0 Å². The van der Waals surface area contributed by atoms with Crippen LogP contribution in [0.4, 0.5) is 5.95 Å². The quantitative estimate of drug-likeness (QED) is 0.242. The molecule has 3 rings (SSSR count). The van der Waals surface area contributed by atoms with Crippen molar-refractivity contribution < 1.29 is 19.0 Å². The second-order valence-electron chi connectivity index (χ2n) is 9.66. The summed E-state index contributed by atoms with van der Waals surface area (Å²) in [6, 6.07) is 9.61. The first-order valence-corrected chi connectivity index (χ1v) is 12.2. The number of nitrogens with two attached hydrogens (primary N) is 1. The summed E-state index contributed by atoms with van der Waals surface area (Å²) in [5.41, 5.74) is 9.36. The van der Waals surface area contributed by atoms with Gasteiger partial charge in [0.25, 0.3) is 5.88 Å². The molecule has 0 atom stereocenters. The van der Waals surface area contributed by atoms with Gasteiger partial charge in [0.05, 0.1) is 13.2 Å². The van der Waals surface area contributed by atoms with Gasteiger partial charge in [0, 0.05) is 24.3 Å². The molecule has 0 radical (unpaired) electrons.